The summed E-state index contributed by atoms with van der Waals surface area (Å²) in [6.07, 6.45) is 6.22. The molecule has 2 aliphatic heterocycles. The molecule has 0 aromatic carbocycles. The van der Waals surface area contributed by atoms with Crippen molar-refractivity contribution in [3.05, 3.63) is 0 Å². The Morgan fingerprint density at radius 3 is 2.84 bits per heavy atom. The number of ether oxygens (including phenoxy) is 1. The number of nitrogens with one attached hydrogen (secondary N) is 1. The molecule has 0 bridgehead atoms. The molecule has 4 heteroatoms. The Bertz CT molecular complexity index is 345. The summed E-state index contributed by atoms with van der Waals surface area (Å²) < 4.78 is 5.80. The van der Waals surface area contributed by atoms with E-state index in [4.69, 9.17) is 4.74 Å². The van der Waals surface area contributed by atoms with Crippen molar-refractivity contribution in [2.75, 3.05) is 13.2 Å². The Labute approximate surface area is 115 Å². The molecule has 4 unspecified atom stereocenters. The minimum Gasteiger partial charge on any atom is -0.378 e. The molecule has 0 spiro atoms. The summed E-state index contributed by atoms with van der Waals surface area (Å²) in [5.41, 5.74) is 0. The smallest absolute Gasteiger partial charge is 0.240 e. The summed E-state index contributed by atoms with van der Waals surface area (Å²) >= 11 is 0. The standard InChI is InChI=1S/C15H26N2O2/c1-10(2)17-8-6-13(15(17)18)16-12-4-3-5-14-11(12)7-9-19-14/h10-14,16H,3-9H2,1-2H3. The van der Waals surface area contributed by atoms with E-state index in [1.807, 2.05) is 4.90 Å². The number of rotatable bonds is 3. The Kier molecular flexibility index (Phi) is 3.81. The van der Waals surface area contributed by atoms with E-state index < -0.39 is 0 Å². The van der Waals surface area contributed by atoms with Gasteiger partial charge in [0, 0.05) is 31.2 Å². The van der Waals surface area contributed by atoms with Crippen molar-refractivity contribution in [3.8, 4) is 0 Å². The van der Waals surface area contributed by atoms with Crippen molar-refractivity contribution in [1.29, 1.82) is 0 Å². The fraction of sp³-hybridized carbons (Fsp3) is 0.933. The third kappa shape index (κ3) is 2.52. The molecular formula is C15H26N2O2. The average molecular weight is 266 g/mol. The number of likely N-dealkylation sites (tertiary alicyclic amines) is 1. The fourth-order valence-corrected chi connectivity index (χ4v) is 4.01. The highest BCUT2D eigenvalue weighted by Gasteiger charge is 2.41. The normalized spacial score (nSPS) is 39.1. The lowest BCUT2D eigenvalue weighted by Gasteiger charge is -2.35. The second kappa shape index (κ2) is 5.41. The van der Waals surface area contributed by atoms with E-state index in [2.05, 4.69) is 19.2 Å². The van der Waals surface area contributed by atoms with Crippen molar-refractivity contribution in [1.82, 2.24) is 10.2 Å². The van der Waals surface area contributed by atoms with Crippen molar-refractivity contribution in [3.63, 3.8) is 0 Å². The van der Waals surface area contributed by atoms with E-state index in [1.165, 1.54) is 19.3 Å². The van der Waals surface area contributed by atoms with Crippen LogP contribution in [0, 0.1) is 5.92 Å². The number of nitrogens with zero attached hydrogens (tertiary/aromatic N) is 1. The van der Waals surface area contributed by atoms with Gasteiger partial charge in [-0.25, -0.2) is 0 Å². The van der Waals surface area contributed by atoms with Crippen molar-refractivity contribution in [2.24, 2.45) is 5.92 Å². The van der Waals surface area contributed by atoms with Crippen LogP contribution in [0.15, 0.2) is 0 Å². The molecule has 19 heavy (non-hydrogen) atoms. The molecule has 0 radical (unpaired) electrons. The quantitative estimate of drug-likeness (QED) is 0.842. The highest BCUT2D eigenvalue weighted by atomic mass is 16.5. The Morgan fingerprint density at radius 1 is 1.26 bits per heavy atom. The molecule has 3 rings (SSSR count). The van der Waals surface area contributed by atoms with Crippen molar-refractivity contribution >= 4 is 5.91 Å². The molecular weight excluding hydrogens is 240 g/mol. The first-order valence-electron chi connectivity index (χ1n) is 7.85. The van der Waals surface area contributed by atoms with Crippen molar-refractivity contribution < 1.29 is 9.53 Å². The zero-order valence-electron chi connectivity index (χ0n) is 12.1. The van der Waals surface area contributed by atoms with Gasteiger partial charge in [-0.2, -0.15) is 0 Å². The van der Waals surface area contributed by atoms with Gasteiger partial charge in [0.2, 0.25) is 5.91 Å². The van der Waals surface area contributed by atoms with Gasteiger partial charge in [0.05, 0.1) is 12.1 Å². The van der Waals surface area contributed by atoms with Gasteiger partial charge in [0.25, 0.3) is 0 Å². The summed E-state index contributed by atoms with van der Waals surface area (Å²) in [4.78, 5) is 14.3. The zero-order valence-corrected chi connectivity index (χ0v) is 12.1. The van der Waals surface area contributed by atoms with Crippen LogP contribution in [0.4, 0.5) is 0 Å². The highest BCUT2D eigenvalue weighted by molar-refractivity contribution is 5.84. The van der Waals surface area contributed by atoms with Crippen LogP contribution >= 0.6 is 0 Å². The first-order valence-corrected chi connectivity index (χ1v) is 7.85. The van der Waals surface area contributed by atoms with E-state index in [0.717, 1.165) is 26.0 Å². The topological polar surface area (TPSA) is 41.6 Å². The molecule has 4 atom stereocenters. The van der Waals surface area contributed by atoms with Gasteiger partial charge < -0.3 is 15.0 Å². The number of fused-ring (bicyclic) bond motifs is 1. The third-order valence-electron chi connectivity index (χ3n) is 5.06. The maximum atomic E-state index is 12.3. The van der Waals surface area contributed by atoms with Crippen LogP contribution in [0.1, 0.15) is 46.0 Å². The monoisotopic (exact) mass is 266 g/mol. The predicted molar refractivity (Wildman–Crippen MR) is 73.9 cm³/mol. The number of hydrogen-bond acceptors (Lipinski definition) is 3. The number of carbonyl (C=O) groups is 1. The van der Waals surface area contributed by atoms with Crippen LogP contribution in [0.25, 0.3) is 0 Å². The van der Waals surface area contributed by atoms with Crippen LogP contribution < -0.4 is 5.32 Å². The summed E-state index contributed by atoms with van der Waals surface area (Å²) in [7, 11) is 0. The van der Waals surface area contributed by atoms with Crippen LogP contribution in [0.2, 0.25) is 0 Å². The van der Waals surface area contributed by atoms with E-state index in [-0.39, 0.29) is 6.04 Å². The zero-order chi connectivity index (χ0) is 13.4. The van der Waals surface area contributed by atoms with Crippen molar-refractivity contribution in [2.45, 2.75) is 70.2 Å². The maximum Gasteiger partial charge on any atom is 0.240 e. The highest BCUT2D eigenvalue weighted by Crippen LogP contribution is 2.35. The molecule has 3 aliphatic rings. The van der Waals surface area contributed by atoms with Gasteiger partial charge in [-0.05, 0) is 46.0 Å². The molecule has 1 saturated carbocycles. The molecule has 3 fully saturated rings. The minimum absolute atomic E-state index is 0.0479. The first-order chi connectivity index (χ1) is 9.16. The Balaban J connectivity index is 1.61. The lowest BCUT2D eigenvalue weighted by molar-refractivity contribution is -0.131. The summed E-state index contributed by atoms with van der Waals surface area (Å²) in [6.45, 7) is 6.01. The van der Waals surface area contributed by atoms with Gasteiger partial charge in [0.1, 0.15) is 0 Å². The molecule has 0 aromatic rings. The molecule has 0 aromatic heterocycles. The Hall–Kier alpha value is -0.610. The molecule has 2 heterocycles. The average Bonchev–Trinajstić information content (AvgIpc) is 2.97. The Morgan fingerprint density at radius 2 is 2.11 bits per heavy atom. The molecule has 2 saturated heterocycles. The second-order valence-corrected chi connectivity index (χ2v) is 6.53. The summed E-state index contributed by atoms with van der Waals surface area (Å²) in [5.74, 6) is 0.936. The molecule has 4 nitrogen and oxygen atoms in total. The van der Waals surface area contributed by atoms with E-state index in [0.29, 0.717) is 30.0 Å². The number of amides is 1. The molecule has 1 amide bonds. The van der Waals surface area contributed by atoms with Crippen LogP contribution in [0.5, 0.6) is 0 Å². The lowest BCUT2D eigenvalue weighted by Crippen LogP contribution is -2.50. The fourth-order valence-electron chi connectivity index (χ4n) is 4.01. The number of carbonyl (C=O) groups excluding carboxylic acids is 1. The van der Waals surface area contributed by atoms with Gasteiger partial charge in [0.15, 0.2) is 0 Å². The van der Waals surface area contributed by atoms with E-state index >= 15 is 0 Å². The second-order valence-electron chi connectivity index (χ2n) is 6.53. The van der Waals surface area contributed by atoms with Gasteiger partial charge >= 0.3 is 0 Å². The third-order valence-corrected chi connectivity index (χ3v) is 5.06. The first kappa shape index (κ1) is 13.4. The van der Waals surface area contributed by atoms with Crippen LogP contribution in [0.3, 0.4) is 0 Å². The summed E-state index contributed by atoms with van der Waals surface area (Å²) in [5, 5.41) is 3.65. The SMILES string of the molecule is CC(C)N1CCC(NC2CCCC3OCCC23)C1=O. The largest absolute Gasteiger partial charge is 0.378 e. The number of hydrogen-bond donors (Lipinski definition) is 1. The van der Waals surface area contributed by atoms with E-state index in [9.17, 15) is 4.79 Å². The van der Waals surface area contributed by atoms with Crippen LogP contribution in [-0.4, -0.2) is 48.2 Å². The van der Waals surface area contributed by atoms with Gasteiger partial charge in [-0.3, -0.25) is 4.79 Å². The molecule has 108 valence electrons. The molecule has 1 N–H and O–H groups in total. The van der Waals surface area contributed by atoms with Crippen LogP contribution in [-0.2, 0) is 9.53 Å². The molecule has 1 aliphatic carbocycles. The summed E-state index contributed by atoms with van der Waals surface area (Å²) in [6, 6.07) is 0.863. The van der Waals surface area contributed by atoms with E-state index in [1.54, 1.807) is 0 Å². The predicted octanol–water partition coefficient (Wildman–Crippen LogP) is 1.54. The maximum absolute atomic E-state index is 12.3. The van der Waals surface area contributed by atoms with Gasteiger partial charge in [-0.1, -0.05) is 0 Å². The van der Waals surface area contributed by atoms with Gasteiger partial charge in [-0.15, -0.1) is 0 Å². The lowest BCUT2D eigenvalue weighted by atomic mass is 9.81. The minimum atomic E-state index is 0.0479.